The number of nitrogens with zero attached hydrogens (tertiary/aromatic N) is 2. The Balaban J connectivity index is 1.47. The van der Waals surface area contributed by atoms with Crippen LogP contribution in [-0.2, 0) is 24.8 Å². The molecule has 3 rings (SSSR count). The molecule has 3 aromatic rings. The Bertz CT molecular complexity index is 834. The van der Waals surface area contributed by atoms with E-state index in [0.717, 1.165) is 22.8 Å². The minimum Gasteiger partial charge on any atom is -0.497 e. The van der Waals surface area contributed by atoms with Gasteiger partial charge in [-0.05, 0) is 42.3 Å². The third-order valence-corrected chi connectivity index (χ3v) is 3.99. The van der Waals surface area contributed by atoms with E-state index in [-0.39, 0.29) is 5.91 Å². The predicted octanol–water partition coefficient (Wildman–Crippen LogP) is 2.94. The van der Waals surface area contributed by atoms with Gasteiger partial charge in [-0.15, -0.1) is 0 Å². The van der Waals surface area contributed by atoms with E-state index < -0.39 is 0 Å². The highest BCUT2D eigenvalue weighted by Gasteiger charge is 2.09. The molecule has 130 valence electrons. The molecule has 0 saturated carbocycles. The van der Waals surface area contributed by atoms with Gasteiger partial charge >= 0.3 is 0 Å². The number of hydrogen-bond donors (Lipinski definition) is 1. The molecule has 0 unspecified atom stereocenters. The molecule has 25 heavy (non-hydrogen) atoms. The van der Waals surface area contributed by atoms with Gasteiger partial charge in [0.25, 0.3) is 0 Å². The number of aryl methyl sites for hydroxylation is 2. The summed E-state index contributed by atoms with van der Waals surface area (Å²) in [5, 5.41) is 7.00. The first-order chi connectivity index (χ1) is 12.2. The molecule has 6 heteroatoms. The van der Waals surface area contributed by atoms with Gasteiger partial charge in [-0.1, -0.05) is 12.1 Å². The summed E-state index contributed by atoms with van der Waals surface area (Å²) in [4.78, 5) is 12.0. The predicted molar refractivity (Wildman–Crippen MR) is 94.1 cm³/mol. The Hall–Kier alpha value is -3.02. The number of hydrogen-bond acceptors (Lipinski definition) is 4. The number of aromatic nitrogens is 2. The van der Waals surface area contributed by atoms with E-state index in [4.69, 9.17) is 9.15 Å². The van der Waals surface area contributed by atoms with Crippen molar-refractivity contribution in [3.63, 3.8) is 0 Å². The Labute approximate surface area is 146 Å². The van der Waals surface area contributed by atoms with Crippen LogP contribution in [0.2, 0.25) is 0 Å². The zero-order chi connectivity index (χ0) is 17.6. The number of furan rings is 1. The molecule has 0 spiro atoms. The van der Waals surface area contributed by atoms with Crippen LogP contribution in [0.5, 0.6) is 5.75 Å². The summed E-state index contributed by atoms with van der Waals surface area (Å²) in [7, 11) is 3.50. The highest BCUT2D eigenvalue weighted by atomic mass is 16.5. The summed E-state index contributed by atoms with van der Waals surface area (Å²) in [5.74, 6) is 2.26. The number of benzene rings is 1. The van der Waals surface area contributed by atoms with E-state index in [0.29, 0.717) is 25.1 Å². The monoisotopic (exact) mass is 339 g/mol. The zero-order valence-corrected chi connectivity index (χ0v) is 14.4. The van der Waals surface area contributed by atoms with Crippen molar-refractivity contribution in [2.45, 2.75) is 19.4 Å². The molecule has 0 saturated heterocycles. The topological polar surface area (TPSA) is 69.3 Å². The molecule has 0 aliphatic carbocycles. The van der Waals surface area contributed by atoms with E-state index in [1.807, 2.05) is 49.5 Å². The molecule has 0 radical (unpaired) electrons. The van der Waals surface area contributed by atoms with Gasteiger partial charge < -0.3 is 14.5 Å². The minimum absolute atomic E-state index is 0.00528. The molecule has 0 aliphatic heterocycles. The molecule has 0 fully saturated rings. The SMILES string of the molecule is COc1ccc(CCC(=O)NCc2ccc(-c3ccnn3C)o2)cc1. The Morgan fingerprint density at radius 2 is 2.00 bits per heavy atom. The van der Waals surface area contributed by atoms with Crippen LogP contribution < -0.4 is 10.1 Å². The van der Waals surface area contributed by atoms with Crippen molar-refractivity contribution in [2.24, 2.45) is 7.05 Å². The number of methoxy groups -OCH3 is 1. The van der Waals surface area contributed by atoms with Crippen LogP contribution in [0.1, 0.15) is 17.7 Å². The van der Waals surface area contributed by atoms with Gasteiger partial charge in [-0.3, -0.25) is 9.48 Å². The minimum atomic E-state index is -0.00528. The standard InChI is InChI=1S/C19H21N3O3/c1-22-17(11-12-21-22)18-9-8-16(25-18)13-20-19(23)10-5-14-3-6-15(24-2)7-4-14/h3-4,6-9,11-12H,5,10,13H2,1-2H3,(H,20,23). The molecule has 1 aromatic carbocycles. The largest absolute Gasteiger partial charge is 0.497 e. The van der Waals surface area contributed by atoms with Crippen LogP contribution in [0, 0.1) is 0 Å². The van der Waals surface area contributed by atoms with Gasteiger partial charge in [-0.2, -0.15) is 5.10 Å². The summed E-state index contributed by atoms with van der Waals surface area (Å²) in [6.45, 7) is 0.374. The number of amides is 1. The lowest BCUT2D eigenvalue weighted by atomic mass is 10.1. The highest BCUT2D eigenvalue weighted by molar-refractivity contribution is 5.76. The van der Waals surface area contributed by atoms with Crippen molar-refractivity contribution in [3.8, 4) is 17.2 Å². The quantitative estimate of drug-likeness (QED) is 0.718. The maximum Gasteiger partial charge on any atom is 0.220 e. The summed E-state index contributed by atoms with van der Waals surface area (Å²) in [6.07, 6.45) is 2.84. The summed E-state index contributed by atoms with van der Waals surface area (Å²) in [6, 6.07) is 13.4. The maximum atomic E-state index is 12.0. The molecule has 1 N–H and O–H groups in total. The van der Waals surface area contributed by atoms with Gasteiger partial charge in [0.15, 0.2) is 5.76 Å². The third-order valence-electron chi connectivity index (χ3n) is 3.99. The fourth-order valence-electron chi connectivity index (χ4n) is 2.55. The summed E-state index contributed by atoms with van der Waals surface area (Å²) >= 11 is 0. The molecule has 0 bridgehead atoms. The number of nitrogens with one attached hydrogen (secondary N) is 1. The van der Waals surface area contributed by atoms with Crippen molar-refractivity contribution in [3.05, 3.63) is 60.0 Å². The number of carbonyl (C=O) groups is 1. The van der Waals surface area contributed by atoms with Gasteiger partial charge in [0.1, 0.15) is 17.2 Å². The van der Waals surface area contributed by atoms with Crippen molar-refractivity contribution < 1.29 is 13.9 Å². The Morgan fingerprint density at radius 3 is 2.68 bits per heavy atom. The first kappa shape index (κ1) is 16.8. The van der Waals surface area contributed by atoms with Crippen LogP contribution in [0.4, 0.5) is 0 Å². The highest BCUT2D eigenvalue weighted by Crippen LogP contribution is 2.21. The molecular formula is C19H21N3O3. The fourth-order valence-corrected chi connectivity index (χ4v) is 2.55. The lowest BCUT2D eigenvalue weighted by molar-refractivity contribution is -0.121. The average Bonchev–Trinajstić information content (AvgIpc) is 3.27. The number of rotatable bonds is 7. The fraction of sp³-hybridized carbons (Fsp3) is 0.263. The molecule has 1 amide bonds. The molecule has 2 heterocycles. The van der Waals surface area contributed by atoms with Gasteiger partial charge in [-0.25, -0.2) is 0 Å². The molecule has 0 aliphatic rings. The third kappa shape index (κ3) is 4.29. The van der Waals surface area contributed by atoms with Crippen LogP contribution in [0.25, 0.3) is 11.5 Å². The Kier molecular flexibility index (Phi) is 5.18. The lowest BCUT2D eigenvalue weighted by Crippen LogP contribution is -2.22. The van der Waals surface area contributed by atoms with Crippen LogP contribution in [-0.4, -0.2) is 22.8 Å². The normalized spacial score (nSPS) is 10.6. The van der Waals surface area contributed by atoms with Crippen molar-refractivity contribution >= 4 is 5.91 Å². The van der Waals surface area contributed by atoms with Crippen molar-refractivity contribution in [1.29, 1.82) is 0 Å². The van der Waals surface area contributed by atoms with Crippen LogP contribution >= 0.6 is 0 Å². The second-order valence-electron chi connectivity index (χ2n) is 5.73. The number of ether oxygens (including phenoxy) is 1. The van der Waals surface area contributed by atoms with E-state index >= 15 is 0 Å². The summed E-state index contributed by atoms with van der Waals surface area (Å²) < 4.78 is 12.6. The second kappa shape index (κ2) is 7.70. The maximum absolute atomic E-state index is 12.0. The van der Waals surface area contributed by atoms with E-state index in [9.17, 15) is 4.79 Å². The first-order valence-electron chi connectivity index (χ1n) is 8.12. The zero-order valence-electron chi connectivity index (χ0n) is 14.4. The van der Waals surface area contributed by atoms with Gasteiger partial charge in [0, 0.05) is 19.7 Å². The van der Waals surface area contributed by atoms with Crippen molar-refractivity contribution in [2.75, 3.05) is 7.11 Å². The van der Waals surface area contributed by atoms with Gasteiger partial charge in [0.2, 0.25) is 5.91 Å². The molecular weight excluding hydrogens is 318 g/mol. The summed E-state index contributed by atoms with van der Waals surface area (Å²) in [5.41, 5.74) is 2.00. The molecule has 6 nitrogen and oxygen atoms in total. The Morgan fingerprint density at radius 1 is 1.20 bits per heavy atom. The smallest absolute Gasteiger partial charge is 0.220 e. The van der Waals surface area contributed by atoms with Crippen LogP contribution in [0.3, 0.4) is 0 Å². The van der Waals surface area contributed by atoms with Crippen LogP contribution in [0.15, 0.2) is 53.1 Å². The van der Waals surface area contributed by atoms with E-state index in [1.54, 1.807) is 18.0 Å². The van der Waals surface area contributed by atoms with Crippen molar-refractivity contribution in [1.82, 2.24) is 15.1 Å². The second-order valence-corrected chi connectivity index (χ2v) is 5.73. The molecule has 2 aromatic heterocycles. The van der Waals surface area contributed by atoms with E-state index in [2.05, 4.69) is 10.4 Å². The first-order valence-corrected chi connectivity index (χ1v) is 8.12. The van der Waals surface area contributed by atoms with E-state index in [1.165, 1.54) is 0 Å². The lowest BCUT2D eigenvalue weighted by Gasteiger charge is -2.05. The number of carbonyl (C=O) groups excluding carboxylic acids is 1. The average molecular weight is 339 g/mol. The molecule has 0 atom stereocenters. The van der Waals surface area contributed by atoms with Gasteiger partial charge in [0.05, 0.1) is 13.7 Å².